The summed E-state index contributed by atoms with van der Waals surface area (Å²) in [6, 6.07) is -2.08. The van der Waals surface area contributed by atoms with Gasteiger partial charge in [0.15, 0.2) is 5.65 Å². The van der Waals surface area contributed by atoms with Gasteiger partial charge in [-0.05, 0) is 13.3 Å². The number of hydrogen-bond donors (Lipinski definition) is 5. The predicted molar refractivity (Wildman–Crippen MR) is 98.0 cm³/mol. The van der Waals surface area contributed by atoms with Crippen molar-refractivity contribution in [1.82, 2.24) is 30.6 Å². The molecule has 0 saturated carbocycles. The summed E-state index contributed by atoms with van der Waals surface area (Å²) in [5, 5.41) is 14.0. The van der Waals surface area contributed by atoms with Gasteiger partial charge in [-0.1, -0.05) is 11.8 Å². The largest absolute Gasteiger partial charge is 0.481 e. The molecule has 2 atom stereocenters. The first kappa shape index (κ1) is 21.1. The number of aliphatic carboxylic acids is 1. The monoisotopic (exact) mass is 409 g/mol. The second kappa shape index (κ2) is 9.64. The number of aromatic nitrogens is 4. The molecule has 0 unspecified atom stereocenters. The first-order valence-corrected chi connectivity index (χ1v) is 9.14. The number of thioether (sulfide) groups is 1. The molecule has 2 aromatic heterocycles. The van der Waals surface area contributed by atoms with Crippen molar-refractivity contribution >= 4 is 46.6 Å². The van der Waals surface area contributed by atoms with Gasteiger partial charge in [0.2, 0.25) is 17.7 Å². The standard InChI is InChI=1S/C15H19N7O5S/c1-7(14(27)22-8(12(16)26)2-3-10(24)25)21-9(23)4-28-15-11-13(18-5-17-11)19-6-20-15/h5-8H,2-4H2,1H3,(H2,16,26)(H,21,23)(H,22,27)(H,24,25)(H,17,18,19,20)/t7-,8+/m0/s1. The molecule has 0 fully saturated rings. The van der Waals surface area contributed by atoms with Gasteiger partial charge in [-0.2, -0.15) is 0 Å². The highest BCUT2D eigenvalue weighted by Gasteiger charge is 2.23. The van der Waals surface area contributed by atoms with Gasteiger partial charge in [-0.25, -0.2) is 15.0 Å². The maximum absolute atomic E-state index is 12.1. The van der Waals surface area contributed by atoms with E-state index >= 15 is 0 Å². The van der Waals surface area contributed by atoms with Crippen LogP contribution in [0, 0.1) is 0 Å². The van der Waals surface area contributed by atoms with Crippen molar-refractivity contribution in [3.63, 3.8) is 0 Å². The molecule has 0 radical (unpaired) electrons. The lowest BCUT2D eigenvalue weighted by Gasteiger charge is -2.18. The number of carbonyl (C=O) groups excluding carboxylic acids is 3. The second-order valence-electron chi connectivity index (χ2n) is 5.75. The molecule has 12 nitrogen and oxygen atoms in total. The van der Waals surface area contributed by atoms with Gasteiger partial charge in [-0.15, -0.1) is 0 Å². The number of rotatable bonds is 10. The summed E-state index contributed by atoms with van der Waals surface area (Å²) in [5.41, 5.74) is 6.25. The van der Waals surface area contributed by atoms with E-state index in [2.05, 4.69) is 30.6 Å². The van der Waals surface area contributed by atoms with Crippen LogP contribution in [0.5, 0.6) is 0 Å². The Bertz CT molecular complexity index is 887. The molecule has 0 aromatic carbocycles. The molecule has 2 heterocycles. The van der Waals surface area contributed by atoms with Crippen LogP contribution in [0.4, 0.5) is 0 Å². The van der Waals surface area contributed by atoms with Gasteiger partial charge in [-0.3, -0.25) is 19.2 Å². The Balaban J connectivity index is 1.85. The lowest BCUT2D eigenvalue weighted by molar-refractivity contribution is -0.137. The van der Waals surface area contributed by atoms with Crippen molar-refractivity contribution in [2.45, 2.75) is 36.9 Å². The summed E-state index contributed by atoms with van der Waals surface area (Å²) in [4.78, 5) is 61.1. The van der Waals surface area contributed by atoms with Crippen LogP contribution in [0.1, 0.15) is 19.8 Å². The van der Waals surface area contributed by atoms with Gasteiger partial charge >= 0.3 is 5.97 Å². The Labute approximate surface area is 163 Å². The predicted octanol–water partition coefficient (Wildman–Crippen LogP) is -1.22. The van der Waals surface area contributed by atoms with Crippen molar-refractivity contribution in [3.8, 4) is 0 Å². The number of amides is 3. The number of imidazole rings is 1. The molecule has 2 rings (SSSR count). The Kier molecular flexibility index (Phi) is 7.26. The van der Waals surface area contributed by atoms with Gasteiger partial charge in [0.1, 0.15) is 29.0 Å². The zero-order valence-corrected chi connectivity index (χ0v) is 15.7. The van der Waals surface area contributed by atoms with Gasteiger partial charge in [0.25, 0.3) is 0 Å². The summed E-state index contributed by atoms with van der Waals surface area (Å²) in [6.45, 7) is 1.44. The normalized spacial score (nSPS) is 12.9. The molecule has 0 spiro atoms. The maximum Gasteiger partial charge on any atom is 0.303 e. The molecule has 150 valence electrons. The molecule has 0 bridgehead atoms. The SMILES string of the molecule is C[C@H](NC(=O)CSc1ncnc2nc[nH]c12)C(=O)N[C@H](CCC(=O)O)C(N)=O. The van der Waals surface area contributed by atoms with Crippen molar-refractivity contribution < 1.29 is 24.3 Å². The van der Waals surface area contributed by atoms with E-state index in [9.17, 15) is 19.2 Å². The zero-order chi connectivity index (χ0) is 20.7. The Morgan fingerprint density at radius 2 is 2.00 bits per heavy atom. The highest BCUT2D eigenvalue weighted by atomic mass is 32.2. The van der Waals surface area contributed by atoms with E-state index in [-0.39, 0.29) is 18.6 Å². The first-order valence-electron chi connectivity index (χ1n) is 8.15. The van der Waals surface area contributed by atoms with E-state index in [1.165, 1.54) is 19.6 Å². The molecule has 0 aliphatic heterocycles. The van der Waals surface area contributed by atoms with E-state index < -0.39 is 35.8 Å². The lowest BCUT2D eigenvalue weighted by atomic mass is 10.1. The number of primary amides is 1. The summed E-state index contributed by atoms with van der Waals surface area (Å²) in [6.07, 6.45) is 2.34. The van der Waals surface area contributed by atoms with Crippen LogP contribution in [0.3, 0.4) is 0 Å². The third-order valence-corrected chi connectivity index (χ3v) is 4.60. The minimum atomic E-state index is -1.13. The van der Waals surface area contributed by atoms with Crippen LogP contribution >= 0.6 is 11.8 Å². The second-order valence-corrected chi connectivity index (χ2v) is 6.72. The number of nitrogens with one attached hydrogen (secondary N) is 3. The van der Waals surface area contributed by atoms with Gasteiger partial charge in [0, 0.05) is 6.42 Å². The van der Waals surface area contributed by atoms with Crippen molar-refractivity contribution in [2.75, 3.05) is 5.75 Å². The Hall–Kier alpha value is -3.22. The Morgan fingerprint density at radius 3 is 2.68 bits per heavy atom. The smallest absolute Gasteiger partial charge is 0.303 e. The van der Waals surface area contributed by atoms with E-state index in [4.69, 9.17) is 10.8 Å². The minimum Gasteiger partial charge on any atom is -0.481 e. The molecular weight excluding hydrogens is 390 g/mol. The number of aromatic amines is 1. The summed E-state index contributed by atoms with van der Waals surface area (Å²) >= 11 is 1.14. The summed E-state index contributed by atoms with van der Waals surface area (Å²) in [5.74, 6) is -3.06. The van der Waals surface area contributed by atoms with Crippen LogP contribution in [0.15, 0.2) is 17.7 Å². The maximum atomic E-state index is 12.1. The number of hydrogen-bond acceptors (Lipinski definition) is 8. The number of carbonyl (C=O) groups is 4. The fourth-order valence-electron chi connectivity index (χ4n) is 2.19. The van der Waals surface area contributed by atoms with E-state index in [0.717, 1.165) is 11.8 Å². The lowest BCUT2D eigenvalue weighted by Crippen LogP contribution is -2.52. The molecule has 0 aliphatic rings. The molecule has 0 aliphatic carbocycles. The molecule has 28 heavy (non-hydrogen) atoms. The number of H-pyrrole nitrogens is 1. The van der Waals surface area contributed by atoms with E-state index in [1.807, 2.05) is 0 Å². The average Bonchev–Trinajstić information content (AvgIpc) is 3.12. The van der Waals surface area contributed by atoms with Crippen LogP contribution in [-0.4, -0.2) is 66.6 Å². The van der Waals surface area contributed by atoms with Crippen LogP contribution in [-0.2, 0) is 19.2 Å². The third kappa shape index (κ3) is 5.90. The van der Waals surface area contributed by atoms with E-state index in [1.54, 1.807) is 0 Å². The first-order chi connectivity index (χ1) is 13.3. The molecular formula is C15H19N7O5S. The van der Waals surface area contributed by atoms with Gasteiger partial charge < -0.3 is 26.5 Å². The Morgan fingerprint density at radius 1 is 1.25 bits per heavy atom. The number of carboxylic acids is 1. The third-order valence-electron chi connectivity index (χ3n) is 3.61. The fourth-order valence-corrected chi connectivity index (χ4v) is 2.95. The van der Waals surface area contributed by atoms with Crippen molar-refractivity contribution in [2.24, 2.45) is 5.73 Å². The van der Waals surface area contributed by atoms with Crippen LogP contribution in [0.25, 0.3) is 11.2 Å². The van der Waals surface area contributed by atoms with Crippen LogP contribution < -0.4 is 16.4 Å². The quantitative estimate of drug-likeness (QED) is 0.236. The fraction of sp³-hybridized carbons (Fsp3) is 0.400. The average molecular weight is 409 g/mol. The summed E-state index contributed by atoms with van der Waals surface area (Å²) < 4.78 is 0. The highest BCUT2D eigenvalue weighted by Crippen LogP contribution is 2.21. The minimum absolute atomic E-state index is 0.0129. The summed E-state index contributed by atoms with van der Waals surface area (Å²) in [7, 11) is 0. The van der Waals surface area contributed by atoms with Crippen molar-refractivity contribution in [3.05, 3.63) is 12.7 Å². The molecule has 6 N–H and O–H groups in total. The number of fused-ring (bicyclic) bond motifs is 1. The van der Waals surface area contributed by atoms with Crippen LogP contribution in [0.2, 0.25) is 0 Å². The molecule has 13 heteroatoms. The zero-order valence-electron chi connectivity index (χ0n) is 14.8. The number of nitrogens with zero attached hydrogens (tertiary/aromatic N) is 3. The van der Waals surface area contributed by atoms with Gasteiger partial charge in [0.05, 0.1) is 12.1 Å². The van der Waals surface area contributed by atoms with Crippen molar-refractivity contribution in [1.29, 1.82) is 0 Å². The topological polar surface area (TPSA) is 193 Å². The molecule has 3 amide bonds. The number of carboxylic acid groups (broad SMARTS) is 1. The highest BCUT2D eigenvalue weighted by molar-refractivity contribution is 8.00. The molecule has 0 saturated heterocycles. The number of nitrogens with two attached hydrogens (primary N) is 1. The molecule has 2 aromatic rings. The van der Waals surface area contributed by atoms with E-state index in [0.29, 0.717) is 16.2 Å².